The Morgan fingerprint density at radius 1 is 1.36 bits per heavy atom. The first-order valence-electron chi connectivity index (χ1n) is 7.18. The highest BCUT2D eigenvalue weighted by Crippen LogP contribution is 2.19. The Kier molecular flexibility index (Phi) is 5.55. The highest BCUT2D eigenvalue weighted by Gasteiger charge is 2.19. The molecule has 1 heterocycles. The summed E-state index contributed by atoms with van der Waals surface area (Å²) < 4.78 is 4.78. The monoisotopic (exact) mass is 304 g/mol. The molecule has 6 heteroatoms. The van der Waals surface area contributed by atoms with Crippen LogP contribution in [0.2, 0.25) is 0 Å². The second-order valence-corrected chi connectivity index (χ2v) is 5.13. The Morgan fingerprint density at radius 2 is 2.14 bits per heavy atom. The molecule has 2 rings (SSSR count). The van der Waals surface area contributed by atoms with Gasteiger partial charge in [-0.25, -0.2) is 4.79 Å². The number of H-pyrrole nitrogens is 1. The molecule has 2 aromatic rings. The number of amides is 1. The number of methoxy groups -OCH3 is 1. The number of hydrogen-bond acceptors (Lipinski definition) is 3. The van der Waals surface area contributed by atoms with E-state index < -0.39 is 12.0 Å². The maximum Gasteiger partial charge on any atom is 0.328 e. The lowest BCUT2D eigenvalue weighted by molar-refractivity contribution is -0.143. The van der Waals surface area contributed by atoms with Gasteiger partial charge >= 0.3 is 5.97 Å². The van der Waals surface area contributed by atoms with Gasteiger partial charge in [-0.15, -0.1) is 0 Å². The molecule has 22 heavy (non-hydrogen) atoms. The van der Waals surface area contributed by atoms with Crippen LogP contribution in [0.25, 0.3) is 10.9 Å². The average molecular weight is 304 g/mol. The van der Waals surface area contributed by atoms with E-state index in [1.54, 1.807) is 0 Å². The van der Waals surface area contributed by atoms with E-state index >= 15 is 0 Å². The van der Waals surface area contributed by atoms with Gasteiger partial charge in [0.1, 0.15) is 0 Å². The molecule has 1 unspecified atom stereocenters. The van der Waals surface area contributed by atoms with Crippen LogP contribution < -0.4 is 5.32 Å². The van der Waals surface area contributed by atoms with E-state index in [4.69, 9.17) is 9.84 Å². The maximum absolute atomic E-state index is 11.8. The highest BCUT2D eigenvalue weighted by molar-refractivity contribution is 5.84. The van der Waals surface area contributed by atoms with Gasteiger partial charge in [-0.1, -0.05) is 18.2 Å². The van der Waals surface area contributed by atoms with Crippen molar-refractivity contribution in [1.29, 1.82) is 0 Å². The van der Waals surface area contributed by atoms with Crippen molar-refractivity contribution in [2.24, 2.45) is 0 Å². The van der Waals surface area contributed by atoms with Crippen LogP contribution in [0.4, 0.5) is 0 Å². The Balaban J connectivity index is 1.83. The molecule has 0 saturated carbocycles. The number of nitrogens with one attached hydrogen (secondary N) is 2. The summed E-state index contributed by atoms with van der Waals surface area (Å²) in [6.07, 6.45) is 3.66. The second-order valence-electron chi connectivity index (χ2n) is 5.13. The average Bonchev–Trinajstić information content (AvgIpc) is 2.90. The first kappa shape index (κ1) is 16.0. The van der Waals surface area contributed by atoms with Crippen LogP contribution in [0.5, 0.6) is 0 Å². The number of carboxylic acids is 1. The molecule has 0 saturated heterocycles. The zero-order valence-corrected chi connectivity index (χ0v) is 12.5. The van der Waals surface area contributed by atoms with Crippen molar-refractivity contribution >= 4 is 22.8 Å². The third-order valence-electron chi connectivity index (χ3n) is 3.49. The van der Waals surface area contributed by atoms with E-state index in [1.807, 2.05) is 30.5 Å². The van der Waals surface area contributed by atoms with E-state index in [0.717, 1.165) is 22.9 Å². The van der Waals surface area contributed by atoms with Crippen LogP contribution in [0, 0.1) is 0 Å². The number of benzene rings is 1. The third-order valence-corrected chi connectivity index (χ3v) is 3.49. The standard InChI is InChI=1S/C16H20N2O4/c1-22-10-14(16(20)21)18-15(19)8-4-5-11-9-17-13-7-3-2-6-12(11)13/h2-3,6-7,9,14,17H,4-5,8,10H2,1H3,(H,18,19)(H,20,21). The minimum Gasteiger partial charge on any atom is -0.480 e. The quantitative estimate of drug-likeness (QED) is 0.692. The number of aryl methyl sites for hydroxylation is 1. The van der Waals surface area contributed by atoms with Gasteiger partial charge in [-0.2, -0.15) is 0 Å². The van der Waals surface area contributed by atoms with E-state index in [2.05, 4.69) is 10.3 Å². The number of carbonyl (C=O) groups excluding carboxylic acids is 1. The molecule has 0 bridgehead atoms. The summed E-state index contributed by atoms with van der Waals surface area (Å²) in [5.41, 5.74) is 2.24. The van der Waals surface area contributed by atoms with Crippen LogP contribution in [-0.4, -0.2) is 41.7 Å². The summed E-state index contributed by atoms with van der Waals surface area (Å²) in [5.74, 6) is -1.36. The summed E-state index contributed by atoms with van der Waals surface area (Å²) in [6.45, 7) is -0.0382. The van der Waals surface area contributed by atoms with Crippen LogP contribution in [0.15, 0.2) is 30.5 Å². The molecule has 0 aliphatic heterocycles. The zero-order valence-electron chi connectivity index (χ0n) is 12.5. The fourth-order valence-corrected chi connectivity index (χ4v) is 2.39. The van der Waals surface area contributed by atoms with Crippen molar-refractivity contribution in [2.45, 2.75) is 25.3 Å². The summed E-state index contributed by atoms with van der Waals surface area (Å²) in [5, 5.41) is 12.6. The second kappa shape index (κ2) is 7.61. The first-order chi connectivity index (χ1) is 10.6. The van der Waals surface area contributed by atoms with Gasteiger partial charge in [0.05, 0.1) is 6.61 Å². The Bertz CT molecular complexity index is 650. The molecule has 0 spiro atoms. The van der Waals surface area contributed by atoms with Crippen LogP contribution in [0.3, 0.4) is 0 Å². The van der Waals surface area contributed by atoms with Crippen LogP contribution in [0.1, 0.15) is 18.4 Å². The molecule has 1 amide bonds. The van der Waals surface area contributed by atoms with E-state index in [9.17, 15) is 9.59 Å². The number of aromatic amines is 1. The smallest absolute Gasteiger partial charge is 0.328 e. The van der Waals surface area contributed by atoms with Gasteiger partial charge < -0.3 is 20.1 Å². The molecule has 0 fully saturated rings. The molecule has 3 N–H and O–H groups in total. The number of aromatic nitrogens is 1. The number of ether oxygens (including phenoxy) is 1. The Morgan fingerprint density at radius 3 is 2.86 bits per heavy atom. The molecule has 1 aromatic heterocycles. The maximum atomic E-state index is 11.8. The molecule has 0 aliphatic carbocycles. The number of rotatable bonds is 8. The molecular formula is C16H20N2O4. The lowest BCUT2D eigenvalue weighted by atomic mass is 10.1. The van der Waals surface area contributed by atoms with Crippen LogP contribution >= 0.6 is 0 Å². The van der Waals surface area contributed by atoms with Gasteiger partial charge in [0.15, 0.2) is 6.04 Å². The first-order valence-corrected chi connectivity index (χ1v) is 7.18. The number of fused-ring (bicyclic) bond motifs is 1. The fourth-order valence-electron chi connectivity index (χ4n) is 2.39. The molecule has 0 aliphatic rings. The lowest BCUT2D eigenvalue weighted by Gasteiger charge is -2.13. The molecule has 118 valence electrons. The third kappa shape index (κ3) is 4.08. The predicted molar refractivity (Wildman–Crippen MR) is 82.7 cm³/mol. The van der Waals surface area contributed by atoms with E-state index in [1.165, 1.54) is 7.11 Å². The van der Waals surface area contributed by atoms with E-state index in [-0.39, 0.29) is 18.9 Å². The molecular weight excluding hydrogens is 284 g/mol. The largest absolute Gasteiger partial charge is 0.480 e. The summed E-state index contributed by atoms with van der Waals surface area (Å²) in [7, 11) is 1.40. The number of para-hydroxylation sites is 1. The highest BCUT2D eigenvalue weighted by atomic mass is 16.5. The Labute approximate surface area is 128 Å². The molecule has 1 aromatic carbocycles. The lowest BCUT2D eigenvalue weighted by Crippen LogP contribution is -2.43. The van der Waals surface area contributed by atoms with Crippen LogP contribution in [-0.2, 0) is 20.7 Å². The summed E-state index contributed by atoms with van der Waals surface area (Å²) in [6, 6.07) is 7.01. The van der Waals surface area contributed by atoms with E-state index in [0.29, 0.717) is 6.42 Å². The topological polar surface area (TPSA) is 91.4 Å². The normalized spacial score (nSPS) is 12.2. The summed E-state index contributed by atoms with van der Waals surface area (Å²) >= 11 is 0. The predicted octanol–water partition coefficient (Wildman–Crippen LogP) is 1.71. The van der Waals surface area contributed by atoms with Gasteiger partial charge in [0.2, 0.25) is 5.91 Å². The zero-order chi connectivity index (χ0) is 15.9. The number of carboxylic acid groups (broad SMARTS) is 1. The Hall–Kier alpha value is -2.34. The fraction of sp³-hybridized carbons (Fsp3) is 0.375. The molecule has 6 nitrogen and oxygen atoms in total. The number of hydrogen-bond donors (Lipinski definition) is 3. The number of aliphatic carboxylic acids is 1. The minimum atomic E-state index is -1.09. The van der Waals surface area contributed by atoms with Crippen molar-refractivity contribution in [3.8, 4) is 0 Å². The van der Waals surface area contributed by atoms with Gasteiger partial charge in [-0.05, 0) is 24.5 Å². The van der Waals surface area contributed by atoms with Gasteiger partial charge in [-0.3, -0.25) is 4.79 Å². The van der Waals surface area contributed by atoms with Crippen molar-refractivity contribution in [3.05, 3.63) is 36.0 Å². The minimum absolute atomic E-state index is 0.0382. The SMILES string of the molecule is COCC(NC(=O)CCCc1c[nH]c2ccccc12)C(=O)O. The van der Waals surface area contributed by atoms with Crippen molar-refractivity contribution in [2.75, 3.05) is 13.7 Å². The van der Waals surface area contributed by atoms with Crippen molar-refractivity contribution in [1.82, 2.24) is 10.3 Å². The molecule has 1 atom stereocenters. The van der Waals surface area contributed by atoms with Crippen molar-refractivity contribution in [3.63, 3.8) is 0 Å². The van der Waals surface area contributed by atoms with Crippen molar-refractivity contribution < 1.29 is 19.4 Å². The molecule has 0 radical (unpaired) electrons. The van der Waals surface area contributed by atoms with Gasteiger partial charge in [0.25, 0.3) is 0 Å². The van der Waals surface area contributed by atoms with Gasteiger partial charge in [0, 0.05) is 30.6 Å². The number of carbonyl (C=O) groups is 2. The summed E-state index contributed by atoms with van der Waals surface area (Å²) in [4.78, 5) is 25.9.